The van der Waals surface area contributed by atoms with Gasteiger partial charge in [0.25, 0.3) is 0 Å². The molecule has 2 aromatic rings. The molecule has 0 saturated heterocycles. The zero-order chi connectivity index (χ0) is 24.0. The topological polar surface area (TPSA) is 52.1 Å². The normalized spacial score (nSPS) is 18.3. The summed E-state index contributed by atoms with van der Waals surface area (Å²) in [4.78, 5) is 21.3. The Morgan fingerprint density at radius 2 is 1.59 bits per heavy atom. The van der Waals surface area contributed by atoms with Gasteiger partial charge in [-0.3, -0.25) is 0 Å². The summed E-state index contributed by atoms with van der Waals surface area (Å²) in [5, 5.41) is 0. The van der Waals surface area contributed by atoms with Gasteiger partial charge in [-0.05, 0) is 68.4 Å². The molecule has 4 heteroatoms. The third-order valence-electron chi connectivity index (χ3n) is 6.85. The maximum absolute atomic E-state index is 12.1. The number of allylic oxidation sites excluding steroid dienone is 1. The van der Waals surface area contributed by atoms with E-state index in [4.69, 9.17) is 4.74 Å². The summed E-state index contributed by atoms with van der Waals surface area (Å²) in [6.45, 7) is 4.43. The Hall–Kier alpha value is -2.49. The first kappa shape index (κ1) is 26.1. The van der Waals surface area contributed by atoms with Crippen molar-refractivity contribution in [2.45, 2.75) is 109 Å². The molecular weight excluding hydrogens is 420 g/mol. The molecule has 1 fully saturated rings. The van der Waals surface area contributed by atoms with Gasteiger partial charge in [0.2, 0.25) is 0 Å². The fourth-order valence-electron chi connectivity index (χ4n) is 4.70. The van der Waals surface area contributed by atoms with Crippen LogP contribution < -0.4 is 0 Å². The summed E-state index contributed by atoms with van der Waals surface area (Å²) in [6.07, 6.45) is 22.2. The molecule has 0 amide bonds. The first-order valence-corrected chi connectivity index (χ1v) is 13.5. The number of rotatable bonds is 13. The molecule has 0 bridgehead atoms. The Labute approximate surface area is 206 Å². The number of unbranched alkanes of at least 4 members (excludes halogenated alkanes) is 6. The van der Waals surface area contributed by atoms with Gasteiger partial charge in [-0.25, -0.2) is 14.8 Å². The van der Waals surface area contributed by atoms with Crippen LogP contribution in [0.5, 0.6) is 0 Å². The highest BCUT2D eigenvalue weighted by molar-refractivity contribution is 5.82. The van der Waals surface area contributed by atoms with E-state index >= 15 is 0 Å². The SMILES string of the molecule is CCCCCC/C=C/C(=O)OC1CCC(c2ccc(-c3ncc(CCCCC)cn3)cc2)CC1. The van der Waals surface area contributed by atoms with Crippen molar-refractivity contribution in [3.63, 3.8) is 0 Å². The molecule has 0 N–H and O–H groups in total. The lowest BCUT2D eigenvalue weighted by Gasteiger charge is -2.28. The summed E-state index contributed by atoms with van der Waals surface area (Å²) < 4.78 is 5.68. The van der Waals surface area contributed by atoms with Crippen molar-refractivity contribution in [1.82, 2.24) is 9.97 Å². The van der Waals surface area contributed by atoms with Crippen LogP contribution in [0, 0.1) is 0 Å². The highest BCUT2D eigenvalue weighted by Crippen LogP contribution is 2.34. The summed E-state index contributed by atoms with van der Waals surface area (Å²) in [7, 11) is 0. The largest absolute Gasteiger partial charge is 0.459 e. The van der Waals surface area contributed by atoms with E-state index in [1.165, 1.54) is 49.7 Å². The lowest BCUT2D eigenvalue weighted by Crippen LogP contribution is -2.23. The molecule has 3 rings (SSSR count). The molecule has 0 radical (unpaired) electrons. The van der Waals surface area contributed by atoms with Gasteiger partial charge in [-0.1, -0.05) is 76.3 Å². The molecular formula is C30H42N2O2. The Morgan fingerprint density at radius 1 is 0.912 bits per heavy atom. The zero-order valence-corrected chi connectivity index (χ0v) is 21.2. The van der Waals surface area contributed by atoms with Gasteiger partial charge >= 0.3 is 5.97 Å². The molecule has 1 heterocycles. The second-order valence-electron chi connectivity index (χ2n) is 9.66. The third-order valence-corrected chi connectivity index (χ3v) is 6.85. The highest BCUT2D eigenvalue weighted by Gasteiger charge is 2.24. The fraction of sp³-hybridized carbons (Fsp3) is 0.567. The van der Waals surface area contributed by atoms with Gasteiger partial charge in [-0.2, -0.15) is 0 Å². The van der Waals surface area contributed by atoms with Gasteiger partial charge in [-0.15, -0.1) is 0 Å². The molecule has 4 nitrogen and oxygen atoms in total. The van der Waals surface area contributed by atoms with Crippen molar-refractivity contribution in [3.05, 3.63) is 59.9 Å². The number of aromatic nitrogens is 2. The Morgan fingerprint density at radius 3 is 2.26 bits per heavy atom. The van der Waals surface area contributed by atoms with Crippen LogP contribution >= 0.6 is 0 Å². The monoisotopic (exact) mass is 462 g/mol. The minimum Gasteiger partial charge on any atom is -0.459 e. The van der Waals surface area contributed by atoms with Crippen LogP contribution in [-0.2, 0) is 16.0 Å². The number of esters is 1. The van der Waals surface area contributed by atoms with E-state index < -0.39 is 0 Å². The van der Waals surface area contributed by atoms with Crippen LogP contribution in [0.1, 0.15) is 108 Å². The van der Waals surface area contributed by atoms with Crippen molar-refractivity contribution in [2.24, 2.45) is 0 Å². The predicted octanol–water partition coefficient (Wildman–Crippen LogP) is 7.97. The molecule has 1 aliphatic rings. The Balaban J connectivity index is 1.41. The molecule has 0 spiro atoms. The first-order chi connectivity index (χ1) is 16.7. The Kier molecular flexibility index (Phi) is 11.3. The number of hydrogen-bond donors (Lipinski definition) is 0. The number of carbonyl (C=O) groups excluding carboxylic acids is 1. The first-order valence-electron chi connectivity index (χ1n) is 13.5. The van der Waals surface area contributed by atoms with E-state index in [9.17, 15) is 4.79 Å². The molecule has 184 valence electrons. The number of hydrogen-bond acceptors (Lipinski definition) is 4. The molecule has 1 aliphatic carbocycles. The summed E-state index contributed by atoms with van der Waals surface area (Å²) >= 11 is 0. The highest BCUT2D eigenvalue weighted by atomic mass is 16.5. The quantitative estimate of drug-likeness (QED) is 0.172. The van der Waals surface area contributed by atoms with Gasteiger partial charge in [0.1, 0.15) is 6.10 Å². The third kappa shape index (κ3) is 8.70. The standard InChI is InChI=1S/C30H42N2O2/c1-3-5-7-8-9-11-13-29(33)34-28-20-18-26(19-21-28)25-14-16-27(17-15-25)30-31-22-24(23-32-30)12-10-6-4-2/h11,13-17,22-23,26,28H,3-10,12,18-21H2,1-2H3/b13-11+. The van der Waals surface area contributed by atoms with Crippen LogP contribution in [0.3, 0.4) is 0 Å². The van der Waals surface area contributed by atoms with Crippen LogP contribution in [-0.4, -0.2) is 22.0 Å². The molecule has 34 heavy (non-hydrogen) atoms. The predicted molar refractivity (Wildman–Crippen MR) is 140 cm³/mol. The maximum Gasteiger partial charge on any atom is 0.330 e. The van der Waals surface area contributed by atoms with Crippen LogP contribution in [0.15, 0.2) is 48.8 Å². The molecule has 1 aromatic heterocycles. The molecule has 1 saturated carbocycles. The van der Waals surface area contributed by atoms with Crippen molar-refractivity contribution >= 4 is 5.97 Å². The van der Waals surface area contributed by atoms with E-state index in [1.54, 1.807) is 6.08 Å². The summed E-state index contributed by atoms with van der Waals surface area (Å²) in [5.74, 6) is 1.14. The van der Waals surface area contributed by atoms with Crippen molar-refractivity contribution in [2.75, 3.05) is 0 Å². The Bertz CT molecular complexity index is 866. The lowest BCUT2D eigenvalue weighted by atomic mass is 9.82. The maximum atomic E-state index is 12.1. The van der Waals surface area contributed by atoms with Gasteiger partial charge in [0.15, 0.2) is 5.82 Å². The van der Waals surface area contributed by atoms with Crippen LogP contribution in [0.4, 0.5) is 0 Å². The number of carbonyl (C=O) groups is 1. The average Bonchev–Trinajstić information content (AvgIpc) is 2.87. The van der Waals surface area contributed by atoms with E-state index in [0.29, 0.717) is 5.92 Å². The van der Waals surface area contributed by atoms with Crippen LogP contribution in [0.2, 0.25) is 0 Å². The van der Waals surface area contributed by atoms with Crippen molar-refractivity contribution < 1.29 is 9.53 Å². The van der Waals surface area contributed by atoms with Crippen LogP contribution in [0.25, 0.3) is 11.4 Å². The van der Waals surface area contributed by atoms with E-state index in [-0.39, 0.29) is 12.1 Å². The number of benzene rings is 1. The van der Waals surface area contributed by atoms with Gasteiger partial charge < -0.3 is 4.74 Å². The summed E-state index contributed by atoms with van der Waals surface area (Å²) in [5.41, 5.74) is 3.64. The number of nitrogens with zero attached hydrogens (tertiary/aromatic N) is 2. The van der Waals surface area contributed by atoms with E-state index in [2.05, 4.69) is 48.1 Å². The van der Waals surface area contributed by atoms with Crippen molar-refractivity contribution in [1.29, 1.82) is 0 Å². The van der Waals surface area contributed by atoms with Gasteiger partial charge in [0, 0.05) is 24.0 Å². The van der Waals surface area contributed by atoms with E-state index in [0.717, 1.165) is 56.3 Å². The summed E-state index contributed by atoms with van der Waals surface area (Å²) in [6, 6.07) is 8.70. The second kappa shape index (κ2) is 14.7. The second-order valence-corrected chi connectivity index (χ2v) is 9.66. The average molecular weight is 463 g/mol. The number of aryl methyl sites for hydroxylation is 1. The van der Waals surface area contributed by atoms with E-state index in [1.807, 2.05) is 18.5 Å². The molecule has 1 aromatic carbocycles. The molecule has 0 atom stereocenters. The minimum atomic E-state index is -0.181. The minimum absolute atomic E-state index is 0.0528. The lowest BCUT2D eigenvalue weighted by molar-refractivity contribution is -0.144. The number of ether oxygens (including phenoxy) is 1. The fourth-order valence-corrected chi connectivity index (χ4v) is 4.70. The zero-order valence-electron chi connectivity index (χ0n) is 21.2. The van der Waals surface area contributed by atoms with Crippen molar-refractivity contribution in [3.8, 4) is 11.4 Å². The van der Waals surface area contributed by atoms with Gasteiger partial charge in [0.05, 0.1) is 0 Å². The smallest absolute Gasteiger partial charge is 0.330 e. The molecule has 0 unspecified atom stereocenters. The molecule has 0 aliphatic heterocycles.